The van der Waals surface area contributed by atoms with E-state index in [-0.39, 0.29) is 27.4 Å². The summed E-state index contributed by atoms with van der Waals surface area (Å²) in [7, 11) is -0.260. The number of nitrogens with zero attached hydrogens (tertiary/aromatic N) is 2. The van der Waals surface area contributed by atoms with Crippen LogP contribution in [-0.4, -0.2) is 34.8 Å². The fraction of sp³-hybridized carbons (Fsp3) is 0.684. The van der Waals surface area contributed by atoms with Crippen molar-refractivity contribution in [2.75, 3.05) is 19.6 Å². The summed E-state index contributed by atoms with van der Waals surface area (Å²) in [6, 6.07) is 0. The number of allylic oxidation sites excluding steroid dienone is 3. The Morgan fingerprint density at radius 3 is 2.00 bits per heavy atom. The molecule has 0 spiro atoms. The second kappa shape index (κ2) is 9.50. The second-order valence-electron chi connectivity index (χ2n) is 7.86. The van der Waals surface area contributed by atoms with Gasteiger partial charge in [-0.25, -0.2) is 0 Å². The fourth-order valence-corrected chi connectivity index (χ4v) is 6.06. The predicted molar refractivity (Wildman–Crippen MR) is 104 cm³/mol. The van der Waals surface area contributed by atoms with Gasteiger partial charge in [-0.05, 0) is 23.4 Å². The third kappa shape index (κ3) is 7.63. The quantitative estimate of drug-likeness (QED) is 0.403. The van der Waals surface area contributed by atoms with Crippen LogP contribution in [0.5, 0.6) is 0 Å². The molecule has 0 saturated heterocycles. The van der Waals surface area contributed by atoms with Crippen molar-refractivity contribution in [3.8, 4) is 0 Å². The SMILES string of the molecule is CCN(CC)CC1=CC=C/C(=C/P(C(C)(C)C)C(C)(C)C)[N-]1.[RuH+2]. The molecule has 0 unspecified atom stereocenters. The van der Waals surface area contributed by atoms with Gasteiger partial charge in [0.25, 0.3) is 0 Å². The van der Waals surface area contributed by atoms with E-state index >= 15 is 0 Å². The zero-order valence-electron chi connectivity index (χ0n) is 16.2. The topological polar surface area (TPSA) is 17.3 Å². The van der Waals surface area contributed by atoms with Crippen molar-refractivity contribution in [1.82, 2.24) is 4.90 Å². The fourth-order valence-electron chi connectivity index (χ4n) is 2.86. The molecule has 133 valence electrons. The monoisotopic (exact) mass is 424 g/mol. The molecule has 1 heterocycles. The van der Waals surface area contributed by atoms with Crippen LogP contribution in [0.4, 0.5) is 0 Å². The van der Waals surface area contributed by atoms with Crippen LogP contribution in [0.2, 0.25) is 0 Å². The van der Waals surface area contributed by atoms with Gasteiger partial charge in [0, 0.05) is 6.54 Å². The molecule has 0 aromatic rings. The summed E-state index contributed by atoms with van der Waals surface area (Å²) in [6.45, 7) is 21.6. The molecule has 4 heteroatoms. The zero-order valence-corrected chi connectivity index (χ0v) is 18.9. The van der Waals surface area contributed by atoms with E-state index in [9.17, 15) is 0 Å². The predicted octanol–water partition coefficient (Wildman–Crippen LogP) is 5.81. The Morgan fingerprint density at radius 1 is 1.04 bits per heavy atom. The summed E-state index contributed by atoms with van der Waals surface area (Å²) in [6.07, 6.45) is 6.45. The third-order valence-electron chi connectivity index (χ3n) is 3.82. The van der Waals surface area contributed by atoms with E-state index in [2.05, 4.69) is 84.3 Å². The molecule has 0 fully saturated rings. The van der Waals surface area contributed by atoms with Crippen LogP contribution in [0.15, 0.2) is 35.4 Å². The zero-order chi connectivity index (χ0) is 17.0. The number of likely N-dealkylation sites (N-methyl/N-ethyl adjacent to an activating group) is 1. The Labute approximate surface area is 158 Å². The third-order valence-corrected chi connectivity index (χ3v) is 7.23. The molecule has 1 rings (SSSR count). The molecule has 0 aromatic heterocycles. The van der Waals surface area contributed by atoms with Crippen molar-refractivity contribution in [3.05, 3.63) is 40.8 Å². The summed E-state index contributed by atoms with van der Waals surface area (Å²) >= 11 is 0. The van der Waals surface area contributed by atoms with Crippen LogP contribution in [0.3, 0.4) is 0 Å². The molecule has 23 heavy (non-hydrogen) atoms. The Bertz CT molecular complexity index is 435. The molecule has 0 aliphatic carbocycles. The summed E-state index contributed by atoms with van der Waals surface area (Å²) in [5, 5.41) is 5.49. The minimum absolute atomic E-state index is 0. The maximum absolute atomic E-state index is 4.89. The minimum atomic E-state index is -0.260. The first kappa shape index (κ1) is 23.0. The van der Waals surface area contributed by atoms with Crippen molar-refractivity contribution in [3.63, 3.8) is 0 Å². The Hall–Kier alpha value is 0.0334. The van der Waals surface area contributed by atoms with Gasteiger partial charge in [0.2, 0.25) is 0 Å². The first-order valence-corrected chi connectivity index (χ1v) is 9.81. The van der Waals surface area contributed by atoms with Crippen LogP contribution in [0, 0.1) is 0 Å². The van der Waals surface area contributed by atoms with Crippen molar-refractivity contribution < 1.29 is 19.5 Å². The van der Waals surface area contributed by atoms with Gasteiger partial charge in [-0.1, -0.05) is 87.4 Å². The first-order chi connectivity index (χ1) is 10.1. The molecular formula is C19H35N2PRu+. The molecule has 0 saturated carbocycles. The van der Waals surface area contributed by atoms with Crippen LogP contribution >= 0.6 is 7.92 Å². The molecule has 1 aliphatic heterocycles. The molecular weight excluding hydrogens is 388 g/mol. The summed E-state index contributed by atoms with van der Waals surface area (Å²) < 4.78 is 0. The van der Waals surface area contributed by atoms with Gasteiger partial charge in [-0.2, -0.15) is 0 Å². The van der Waals surface area contributed by atoms with E-state index < -0.39 is 0 Å². The summed E-state index contributed by atoms with van der Waals surface area (Å²) in [5.41, 5.74) is 2.32. The van der Waals surface area contributed by atoms with Crippen LogP contribution in [-0.2, 0) is 19.5 Å². The van der Waals surface area contributed by atoms with Gasteiger partial charge in [0.1, 0.15) is 0 Å². The van der Waals surface area contributed by atoms with Crippen LogP contribution < -0.4 is 0 Å². The molecule has 0 bridgehead atoms. The van der Waals surface area contributed by atoms with Crippen molar-refractivity contribution in [2.45, 2.75) is 65.7 Å². The van der Waals surface area contributed by atoms with Gasteiger partial charge in [-0.15, -0.1) is 11.4 Å². The van der Waals surface area contributed by atoms with E-state index in [1.807, 2.05) is 0 Å². The number of hydrogen-bond donors (Lipinski definition) is 0. The van der Waals surface area contributed by atoms with Crippen molar-refractivity contribution in [2.24, 2.45) is 0 Å². The normalized spacial score (nSPS) is 17.3. The van der Waals surface area contributed by atoms with E-state index in [0.717, 1.165) is 25.3 Å². The van der Waals surface area contributed by atoms with Gasteiger partial charge in [0.15, 0.2) is 0 Å². The van der Waals surface area contributed by atoms with Gasteiger partial charge in [-0.3, -0.25) is 0 Å². The first-order valence-electron chi connectivity index (χ1n) is 8.40. The van der Waals surface area contributed by atoms with Crippen LogP contribution in [0.25, 0.3) is 5.32 Å². The van der Waals surface area contributed by atoms with Crippen LogP contribution in [0.1, 0.15) is 55.4 Å². The van der Waals surface area contributed by atoms with E-state index in [0.29, 0.717) is 10.3 Å². The molecule has 0 aromatic carbocycles. The average molecular weight is 424 g/mol. The number of rotatable bonds is 5. The number of hydrogen-bond acceptors (Lipinski definition) is 1. The van der Waals surface area contributed by atoms with Crippen molar-refractivity contribution in [1.29, 1.82) is 0 Å². The Kier molecular flexibility index (Phi) is 9.51. The second-order valence-corrected chi connectivity index (χ2v) is 11.5. The summed E-state index contributed by atoms with van der Waals surface area (Å²) in [5.74, 6) is 2.43. The summed E-state index contributed by atoms with van der Waals surface area (Å²) in [4.78, 5) is 2.41. The van der Waals surface area contributed by atoms with E-state index in [4.69, 9.17) is 5.32 Å². The standard InChI is InChI=1S/C19H34N2P.Ru.H/c1-9-21(10-2)14-16-12-11-13-17(20-16)15-22(18(3,4)5)19(6,7)8;;/h11-13,15H,9-10,14H2,1-8H3;;/q-1;+2;/b17-15-;;. The van der Waals surface area contributed by atoms with E-state index in [1.165, 1.54) is 5.70 Å². The molecule has 2 nitrogen and oxygen atoms in total. The Morgan fingerprint density at radius 2 is 1.57 bits per heavy atom. The maximum atomic E-state index is 4.89. The van der Waals surface area contributed by atoms with Gasteiger partial charge < -0.3 is 10.2 Å². The molecule has 0 atom stereocenters. The molecule has 0 amide bonds. The Balaban J connectivity index is 0.00000484. The van der Waals surface area contributed by atoms with E-state index in [1.54, 1.807) is 0 Å². The molecule has 0 radical (unpaired) electrons. The average Bonchev–Trinajstić information content (AvgIpc) is 2.40. The van der Waals surface area contributed by atoms with Gasteiger partial charge in [0.05, 0.1) is 0 Å². The molecule has 0 N–H and O–H groups in total. The molecule has 1 aliphatic rings. The van der Waals surface area contributed by atoms with Crippen molar-refractivity contribution >= 4 is 7.92 Å². The van der Waals surface area contributed by atoms with Gasteiger partial charge >= 0.3 is 19.5 Å².